The SMILES string of the molecule is Cc1sc2ncnc(NCc3ccncn3)c2c1C. The third-order valence-electron chi connectivity index (χ3n) is 3.05. The highest BCUT2D eigenvalue weighted by molar-refractivity contribution is 7.18. The Balaban J connectivity index is 1.93. The molecule has 0 bridgehead atoms. The quantitative estimate of drug-likeness (QED) is 0.793. The van der Waals surface area contributed by atoms with Crippen LogP contribution in [0.5, 0.6) is 0 Å². The fourth-order valence-corrected chi connectivity index (χ4v) is 2.91. The summed E-state index contributed by atoms with van der Waals surface area (Å²) >= 11 is 1.70. The number of thiophene rings is 1. The van der Waals surface area contributed by atoms with Crippen molar-refractivity contribution in [2.24, 2.45) is 0 Å². The molecular formula is C13H13N5S. The highest BCUT2D eigenvalue weighted by Gasteiger charge is 2.11. The molecule has 0 saturated heterocycles. The summed E-state index contributed by atoms with van der Waals surface area (Å²) in [5.74, 6) is 0.866. The maximum atomic E-state index is 4.34. The summed E-state index contributed by atoms with van der Waals surface area (Å²) in [6.07, 6.45) is 4.88. The van der Waals surface area contributed by atoms with Gasteiger partial charge in [0.15, 0.2) is 0 Å². The van der Waals surface area contributed by atoms with E-state index in [-0.39, 0.29) is 0 Å². The first kappa shape index (κ1) is 12.0. The first-order valence-corrected chi connectivity index (χ1v) is 6.77. The summed E-state index contributed by atoms with van der Waals surface area (Å²) < 4.78 is 0. The van der Waals surface area contributed by atoms with E-state index in [1.807, 2.05) is 6.07 Å². The molecule has 0 aliphatic rings. The van der Waals surface area contributed by atoms with Crippen molar-refractivity contribution in [3.63, 3.8) is 0 Å². The molecule has 1 N–H and O–H groups in total. The van der Waals surface area contributed by atoms with Gasteiger partial charge in [-0.2, -0.15) is 0 Å². The summed E-state index contributed by atoms with van der Waals surface area (Å²) in [4.78, 5) is 19.1. The van der Waals surface area contributed by atoms with Gasteiger partial charge in [0.2, 0.25) is 0 Å². The van der Waals surface area contributed by atoms with Crippen molar-refractivity contribution < 1.29 is 0 Å². The van der Waals surface area contributed by atoms with E-state index in [1.54, 1.807) is 30.2 Å². The minimum absolute atomic E-state index is 0.628. The van der Waals surface area contributed by atoms with Crippen LogP contribution in [-0.4, -0.2) is 19.9 Å². The van der Waals surface area contributed by atoms with E-state index in [9.17, 15) is 0 Å². The summed E-state index contributed by atoms with van der Waals surface area (Å²) in [6, 6.07) is 1.89. The fourth-order valence-electron chi connectivity index (χ4n) is 1.91. The Kier molecular flexibility index (Phi) is 3.08. The number of fused-ring (bicyclic) bond motifs is 1. The van der Waals surface area contributed by atoms with E-state index in [0.29, 0.717) is 6.54 Å². The van der Waals surface area contributed by atoms with E-state index >= 15 is 0 Å². The number of aromatic nitrogens is 4. The molecule has 5 nitrogen and oxygen atoms in total. The van der Waals surface area contributed by atoms with Gasteiger partial charge < -0.3 is 5.32 Å². The average Bonchev–Trinajstić information content (AvgIpc) is 2.74. The van der Waals surface area contributed by atoms with Crippen LogP contribution in [0.4, 0.5) is 5.82 Å². The number of hydrogen-bond acceptors (Lipinski definition) is 6. The first-order valence-electron chi connectivity index (χ1n) is 5.95. The summed E-state index contributed by atoms with van der Waals surface area (Å²) in [5.41, 5.74) is 2.18. The van der Waals surface area contributed by atoms with Gasteiger partial charge in [-0.25, -0.2) is 19.9 Å². The molecule has 0 atom stereocenters. The lowest BCUT2D eigenvalue weighted by Gasteiger charge is -2.06. The Morgan fingerprint density at radius 3 is 2.84 bits per heavy atom. The summed E-state index contributed by atoms with van der Waals surface area (Å²) in [5, 5.41) is 4.43. The fraction of sp³-hybridized carbons (Fsp3) is 0.231. The van der Waals surface area contributed by atoms with Crippen molar-refractivity contribution in [2.75, 3.05) is 5.32 Å². The minimum atomic E-state index is 0.628. The molecule has 3 rings (SSSR count). The van der Waals surface area contributed by atoms with Gasteiger partial charge in [-0.05, 0) is 25.5 Å². The third-order valence-corrected chi connectivity index (χ3v) is 4.16. The number of nitrogens with one attached hydrogen (secondary N) is 1. The van der Waals surface area contributed by atoms with Crippen molar-refractivity contribution in [3.05, 3.63) is 41.1 Å². The molecule has 3 aromatic rings. The van der Waals surface area contributed by atoms with Crippen LogP contribution in [0.3, 0.4) is 0 Å². The Bertz CT molecular complexity index is 708. The van der Waals surface area contributed by atoms with Crippen LogP contribution in [-0.2, 0) is 6.54 Å². The normalized spacial score (nSPS) is 10.8. The molecule has 0 aliphatic heterocycles. The molecular weight excluding hydrogens is 258 g/mol. The monoisotopic (exact) mass is 271 g/mol. The van der Waals surface area contributed by atoms with Crippen molar-refractivity contribution >= 4 is 27.4 Å². The standard InChI is InChI=1S/C13H13N5S/c1-8-9(2)19-13-11(8)12(17-7-18-13)15-5-10-3-4-14-6-16-10/h3-4,6-7H,5H2,1-2H3,(H,15,17,18). The lowest BCUT2D eigenvalue weighted by molar-refractivity contribution is 0.996. The molecule has 0 saturated carbocycles. The van der Waals surface area contributed by atoms with Gasteiger partial charge in [-0.1, -0.05) is 0 Å². The number of anilines is 1. The molecule has 0 aromatic carbocycles. The Morgan fingerprint density at radius 2 is 2.05 bits per heavy atom. The zero-order chi connectivity index (χ0) is 13.2. The molecule has 0 spiro atoms. The van der Waals surface area contributed by atoms with E-state index in [4.69, 9.17) is 0 Å². The zero-order valence-corrected chi connectivity index (χ0v) is 11.5. The number of aryl methyl sites for hydroxylation is 2. The molecule has 0 radical (unpaired) electrons. The molecule has 3 heterocycles. The molecule has 19 heavy (non-hydrogen) atoms. The molecule has 96 valence electrons. The Labute approximate surface area is 114 Å². The van der Waals surface area contributed by atoms with Gasteiger partial charge in [0, 0.05) is 11.1 Å². The van der Waals surface area contributed by atoms with E-state index in [2.05, 4.69) is 39.1 Å². The average molecular weight is 271 g/mol. The Morgan fingerprint density at radius 1 is 1.16 bits per heavy atom. The molecule has 0 fully saturated rings. The van der Waals surface area contributed by atoms with E-state index in [0.717, 1.165) is 21.7 Å². The lowest BCUT2D eigenvalue weighted by atomic mass is 10.2. The largest absolute Gasteiger partial charge is 0.364 e. The smallest absolute Gasteiger partial charge is 0.138 e. The molecule has 3 aromatic heterocycles. The summed E-state index contributed by atoms with van der Waals surface area (Å²) in [7, 11) is 0. The van der Waals surface area contributed by atoms with Gasteiger partial charge in [0.25, 0.3) is 0 Å². The van der Waals surface area contributed by atoms with Gasteiger partial charge in [0.1, 0.15) is 23.3 Å². The minimum Gasteiger partial charge on any atom is -0.364 e. The number of rotatable bonds is 3. The molecule has 6 heteroatoms. The maximum absolute atomic E-state index is 4.34. The number of nitrogens with zero attached hydrogens (tertiary/aromatic N) is 4. The van der Waals surface area contributed by atoms with E-state index in [1.165, 1.54) is 10.4 Å². The van der Waals surface area contributed by atoms with Crippen molar-refractivity contribution in [1.82, 2.24) is 19.9 Å². The third kappa shape index (κ3) is 2.26. The summed E-state index contributed by atoms with van der Waals surface area (Å²) in [6.45, 7) is 4.84. The second-order valence-electron chi connectivity index (χ2n) is 4.24. The maximum Gasteiger partial charge on any atom is 0.138 e. The van der Waals surface area contributed by atoms with Gasteiger partial charge in [-0.15, -0.1) is 11.3 Å². The highest BCUT2D eigenvalue weighted by atomic mass is 32.1. The molecule has 0 aliphatic carbocycles. The first-order chi connectivity index (χ1) is 9.25. The predicted molar refractivity (Wildman–Crippen MR) is 76.2 cm³/mol. The van der Waals surface area contributed by atoms with Crippen LogP contribution in [0.1, 0.15) is 16.1 Å². The molecule has 0 amide bonds. The predicted octanol–water partition coefficient (Wildman–Crippen LogP) is 2.71. The van der Waals surface area contributed by atoms with Crippen LogP contribution in [0.15, 0.2) is 24.9 Å². The second-order valence-corrected chi connectivity index (χ2v) is 5.44. The topological polar surface area (TPSA) is 63.6 Å². The van der Waals surface area contributed by atoms with Crippen LogP contribution < -0.4 is 5.32 Å². The van der Waals surface area contributed by atoms with Crippen LogP contribution in [0.25, 0.3) is 10.2 Å². The van der Waals surface area contributed by atoms with Gasteiger partial charge in [-0.3, -0.25) is 0 Å². The highest BCUT2D eigenvalue weighted by Crippen LogP contribution is 2.32. The Hall–Kier alpha value is -2.08. The van der Waals surface area contributed by atoms with E-state index < -0.39 is 0 Å². The lowest BCUT2D eigenvalue weighted by Crippen LogP contribution is -2.04. The van der Waals surface area contributed by atoms with Gasteiger partial charge >= 0.3 is 0 Å². The van der Waals surface area contributed by atoms with Crippen LogP contribution >= 0.6 is 11.3 Å². The zero-order valence-electron chi connectivity index (χ0n) is 10.7. The number of hydrogen-bond donors (Lipinski definition) is 1. The van der Waals surface area contributed by atoms with Gasteiger partial charge in [0.05, 0.1) is 17.6 Å². The van der Waals surface area contributed by atoms with Crippen molar-refractivity contribution in [2.45, 2.75) is 20.4 Å². The van der Waals surface area contributed by atoms with Crippen LogP contribution in [0, 0.1) is 13.8 Å². The van der Waals surface area contributed by atoms with Crippen molar-refractivity contribution in [1.29, 1.82) is 0 Å². The van der Waals surface area contributed by atoms with Crippen LogP contribution in [0.2, 0.25) is 0 Å². The second kappa shape index (κ2) is 4.89. The van der Waals surface area contributed by atoms with Crippen molar-refractivity contribution in [3.8, 4) is 0 Å². The molecule has 0 unspecified atom stereocenters.